The van der Waals surface area contributed by atoms with E-state index in [-0.39, 0.29) is 12.3 Å². The van der Waals surface area contributed by atoms with Crippen LogP contribution in [-0.2, 0) is 27.2 Å². The second kappa shape index (κ2) is 8.29. The normalized spacial score (nSPS) is 11.6. The van der Waals surface area contributed by atoms with Crippen LogP contribution in [0.2, 0.25) is 0 Å². The summed E-state index contributed by atoms with van der Waals surface area (Å²) in [6.45, 7) is 4.07. The Morgan fingerprint density at radius 3 is 2.33 bits per heavy atom. The number of esters is 1. The van der Waals surface area contributed by atoms with E-state index >= 15 is 0 Å². The minimum absolute atomic E-state index is 0.194. The summed E-state index contributed by atoms with van der Waals surface area (Å²) in [6, 6.07) is 14.8. The number of nitrogens with one attached hydrogen (secondary N) is 1. The minimum atomic E-state index is -0.687. The van der Waals surface area contributed by atoms with E-state index in [4.69, 9.17) is 4.74 Å². The van der Waals surface area contributed by atoms with Crippen molar-refractivity contribution in [1.82, 2.24) is 5.32 Å². The predicted molar refractivity (Wildman–Crippen MR) is 93.7 cm³/mol. The molecular weight excluding hydrogens is 302 g/mol. The van der Waals surface area contributed by atoms with Gasteiger partial charge in [0.05, 0.1) is 13.5 Å². The molecule has 1 N–H and O–H groups in total. The number of aryl methyl sites for hydroxylation is 2. The number of amides is 1. The van der Waals surface area contributed by atoms with Crippen molar-refractivity contribution in [2.45, 2.75) is 32.7 Å². The van der Waals surface area contributed by atoms with Crippen LogP contribution in [0.25, 0.3) is 0 Å². The van der Waals surface area contributed by atoms with Crippen LogP contribution >= 0.6 is 0 Å². The van der Waals surface area contributed by atoms with Crippen molar-refractivity contribution < 1.29 is 14.3 Å². The zero-order valence-corrected chi connectivity index (χ0v) is 14.3. The number of methoxy groups -OCH3 is 1. The average Bonchev–Trinajstić information content (AvgIpc) is 2.57. The molecule has 0 aliphatic heterocycles. The van der Waals surface area contributed by atoms with Crippen molar-refractivity contribution in [1.29, 1.82) is 0 Å². The second-order valence-electron chi connectivity index (χ2n) is 5.93. The van der Waals surface area contributed by atoms with Gasteiger partial charge in [-0.2, -0.15) is 0 Å². The Kier molecular flexibility index (Phi) is 6.13. The molecule has 2 aromatic rings. The smallest absolute Gasteiger partial charge is 0.328 e. The van der Waals surface area contributed by atoms with Crippen molar-refractivity contribution in [3.05, 3.63) is 70.8 Å². The number of rotatable bonds is 6. The number of carbonyl (C=O) groups excluding carboxylic acids is 2. The van der Waals surface area contributed by atoms with Gasteiger partial charge in [-0.3, -0.25) is 4.79 Å². The summed E-state index contributed by atoms with van der Waals surface area (Å²) in [4.78, 5) is 24.3. The van der Waals surface area contributed by atoms with Gasteiger partial charge in [0.2, 0.25) is 5.91 Å². The van der Waals surface area contributed by atoms with Crippen LogP contribution in [-0.4, -0.2) is 25.0 Å². The molecule has 126 valence electrons. The fraction of sp³-hybridized carbons (Fsp3) is 0.300. The van der Waals surface area contributed by atoms with Crippen molar-refractivity contribution in [2.24, 2.45) is 0 Å². The van der Waals surface area contributed by atoms with E-state index in [0.717, 1.165) is 16.7 Å². The molecule has 0 saturated carbocycles. The molecule has 0 heterocycles. The van der Waals surface area contributed by atoms with Crippen LogP contribution in [0.3, 0.4) is 0 Å². The third-order valence-electron chi connectivity index (χ3n) is 4.04. The molecule has 0 fully saturated rings. The van der Waals surface area contributed by atoms with E-state index in [1.54, 1.807) is 0 Å². The van der Waals surface area contributed by atoms with Gasteiger partial charge >= 0.3 is 5.97 Å². The first kappa shape index (κ1) is 17.7. The van der Waals surface area contributed by atoms with Gasteiger partial charge in [-0.1, -0.05) is 48.5 Å². The first-order valence-electron chi connectivity index (χ1n) is 7.97. The molecule has 1 amide bonds. The molecule has 1 atom stereocenters. The summed E-state index contributed by atoms with van der Waals surface area (Å²) in [7, 11) is 1.33. The van der Waals surface area contributed by atoms with Crippen LogP contribution < -0.4 is 5.32 Å². The van der Waals surface area contributed by atoms with Crippen molar-refractivity contribution >= 4 is 11.9 Å². The molecule has 2 aromatic carbocycles. The number of benzene rings is 2. The average molecular weight is 325 g/mol. The van der Waals surface area contributed by atoms with Gasteiger partial charge in [-0.05, 0) is 36.1 Å². The van der Waals surface area contributed by atoms with E-state index in [1.165, 1.54) is 12.7 Å². The number of carbonyl (C=O) groups is 2. The van der Waals surface area contributed by atoms with Crippen molar-refractivity contribution in [2.75, 3.05) is 7.11 Å². The maximum atomic E-state index is 12.2. The summed E-state index contributed by atoms with van der Waals surface area (Å²) < 4.78 is 4.84. The number of hydrogen-bond acceptors (Lipinski definition) is 3. The summed E-state index contributed by atoms with van der Waals surface area (Å²) in [6.07, 6.45) is 0.648. The lowest BCUT2D eigenvalue weighted by Crippen LogP contribution is -2.43. The summed E-state index contributed by atoms with van der Waals surface area (Å²) >= 11 is 0. The number of hydrogen-bond donors (Lipinski definition) is 1. The molecule has 0 saturated heterocycles. The molecule has 0 unspecified atom stereocenters. The van der Waals surface area contributed by atoms with Gasteiger partial charge in [0, 0.05) is 6.42 Å². The molecule has 4 heteroatoms. The molecule has 0 spiro atoms. The Bertz CT molecular complexity index is 710. The lowest BCUT2D eigenvalue weighted by molar-refractivity contribution is -0.145. The topological polar surface area (TPSA) is 55.4 Å². The summed E-state index contributed by atoms with van der Waals surface area (Å²) in [5.74, 6) is -0.630. The zero-order valence-electron chi connectivity index (χ0n) is 14.3. The summed E-state index contributed by atoms with van der Waals surface area (Å²) in [5.41, 5.74) is 4.26. The van der Waals surface area contributed by atoms with Gasteiger partial charge in [-0.15, -0.1) is 0 Å². The van der Waals surface area contributed by atoms with Crippen molar-refractivity contribution in [3.63, 3.8) is 0 Å². The molecule has 0 bridgehead atoms. The third kappa shape index (κ3) is 4.95. The van der Waals surface area contributed by atoms with Crippen LogP contribution in [0.1, 0.15) is 22.3 Å². The van der Waals surface area contributed by atoms with E-state index in [9.17, 15) is 9.59 Å². The van der Waals surface area contributed by atoms with Gasteiger partial charge in [-0.25, -0.2) is 4.79 Å². The highest BCUT2D eigenvalue weighted by atomic mass is 16.5. The Hall–Kier alpha value is -2.62. The Morgan fingerprint density at radius 1 is 1.00 bits per heavy atom. The molecule has 2 rings (SSSR count). The van der Waals surface area contributed by atoms with Crippen LogP contribution in [0, 0.1) is 13.8 Å². The van der Waals surface area contributed by atoms with Gasteiger partial charge in [0.25, 0.3) is 0 Å². The van der Waals surface area contributed by atoms with Gasteiger partial charge in [0.1, 0.15) is 6.04 Å². The molecule has 24 heavy (non-hydrogen) atoms. The Labute approximate surface area is 142 Å². The number of ether oxygens (including phenoxy) is 1. The summed E-state index contributed by atoms with van der Waals surface area (Å²) in [5, 5.41) is 2.79. The Morgan fingerprint density at radius 2 is 1.71 bits per heavy atom. The first-order chi connectivity index (χ1) is 11.5. The third-order valence-corrected chi connectivity index (χ3v) is 4.04. The fourth-order valence-corrected chi connectivity index (χ4v) is 2.53. The van der Waals surface area contributed by atoms with Gasteiger partial charge in [0.15, 0.2) is 0 Å². The highest BCUT2D eigenvalue weighted by Gasteiger charge is 2.22. The molecular formula is C20H23NO3. The van der Waals surface area contributed by atoms with Crippen molar-refractivity contribution in [3.8, 4) is 0 Å². The first-order valence-corrected chi connectivity index (χ1v) is 7.97. The molecule has 0 aliphatic rings. The molecule has 0 radical (unpaired) electrons. The maximum Gasteiger partial charge on any atom is 0.328 e. The predicted octanol–water partition coefficient (Wildman–Crippen LogP) is 2.75. The van der Waals surface area contributed by atoms with Crippen LogP contribution in [0.4, 0.5) is 0 Å². The lowest BCUT2D eigenvalue weighted by atomic mass is 10.0. The maximum absolute atomic E-state index is 12.2. The van der Waals surface area contributed by atoms with E-state index in [2.05, 4.69) is 5.32 Å². The standard InChI is InChI=1S/C20H23NO3/c1-14-9-10-17(11-15(14)2)12-18(20(23)24-3)21-19(22)13-16-7-5-4-6-8-16/h4-11,18H,12-13H2,1-3H3,(H,21,22)/t18-/m0/s1. The molecule has 0 aliphatic carbocycles. The molecule has 0 aromatic heterocycles. The SMILES string of the molecule is COC(=O)[C@H](Cc1ccc(C)c(C)c1)NC(=O)Cc1ccccc1. The van der Waals surface area contributed by atoms with Gasteiger partial charge < -0.3 is 10.1 Å². The zero-order chi connectivity index (χ0) is 17.5. The monoisotopic (exact) mass is 325 g/mol. The second-order valence-corrected chi connectivity index (χ2v) is 5.93. The quantitative estimate of drug-likeness (QED) is 0.831. The Balaban J connectivity index is 2.06. The van der Waals surface area contributed by atoms with E-state index < -0.39 is 12.0 Å². The highest BCUT2D eigenvalue weighted by molar-refractivity contribution is 5.85. The molecule has 4 nitrogen and oxygen atoms in total. The van der Waals surface area contributed by atoms with Crippen LogP contribution in [0.15, 0.2) is 48.5 Å². The van der Waals surface area contributed by atoms with E-state index in [0.29, 0.717) is 6.42 Å². The van der Waals surface area contributed by atoms with Crippen LogP contribution in [0.5, 0.6) is 0 Å². The van der Waals surface area contributed by atoms with E-state index in [1.807, 2.05) is 62.4 Å². The lowest BCUT2D eigenvalue weighted by Gasteiger charge is -2.17. The fourth-order valence-electron chi connectivity index (χ4n) is 2.53. The highest BCUT2D eigenvalue weighted by Crippen LogP contribution is 2.12. The minimum Gasteiger partial charge on any atom is -0.467 e. The largest absolute Gasteiger partial charge is 0.467 e.